The second-order valence-electron chi connectivity index (χ2n) is 4.54. The molecule has 3 aromatic rings. The summed E-state index contributed by atoms with van der Waals surface area (Å²) in [5, 5.41) is 2.53. The Labute approximate surface area is 137 Å². The summed E-state index contributed by atoms with van der Waals surface area (Å²) >= 11 is 0.935. The Balaban J connectivity index is 1.72. The highest BCUT2D eigenvalue weighted by Crippen LogP contribution is 2.32. The zero-order chi connectivity index (χ0) is 17.2. The van der Waals surface area contributed by atoms with Crippen LogP contribution in [-0.4, -0.2) is 17.4 Å². The van der Waals surface area contributed by atoms with Crippen LogP contribution in [-0.2, 0) is 0 Å². The molecule has 0 radical (unpaired) electrons. The van der Waals surface area contributed by atoms with Gasteiger partial charge in [0.2, 0.25) is 0 Å². The molecule has 0 atom stereocenters. The van der Waals surface area contributed by atoms with E-state index in [2.05, 4.69) is 15.0 Å². The van der Waals surface area contributed by atoms with Gasteiger partial charge in [0.25, 0.3) is 5.19 Å². The van der Waals surface area contributed by atoms with E-state index < -0.39 is 12.5 Å². The van der Waals surface area contributed by atoms with Gasteiger partial charge in [0.05, 0.1) is 10.2 Å². The molecule has 0 unspecified atom stereocenters. The smallest absolute Gasteiger partial charge is 0.406 e. The summed E-state index contributed by atoms with van der Waals surface area (Å²) in [5.41, 5.74) is 0.946. The van der Waals surface area contributed by atoms with Crippen LogP contribution in [0.1, 0.15) is 0 Å². The average Bonchev–Trinajstić information content (AvgIpc) is 2.87. The first kappa shape index (κ1) is 16.1. The minimum absolute atomic E-state index is 0.0163. The van der Waals surface area contributed by atoms with E-state index in [4.69, 9.17) is 4.74 Å². The fraction of sp³-hybridized carbons (Fsp3) is 0.0667. The maximum Gasteiger partial charge on any atom is 0.573 e. The van der Waals surface area contributed by atoms with Crippen LogP contribution < -0.4 is 14.8 Å². The Morgan fingerprint density at radius 1 is 1.12 bits per heavy atom. The summed E-state index contributed by atoms with van der Waals surface area (Å²) in [6.07, 6.45) is -5.51. The molecule has 24 heavy (non-hydrogen) atoms. The predicted molar refractivity (Wildman–Crippen MR) is 82.4 cm³/mol. The SMILES string of the molecule is O=C(Nc1ccccc1)Oc1nc2ccc(OC(F)(F)F)cc2s1. The van der Waals surface area contributed by atoms with Crippen LogP contribution in [0.2, 0.25) is 0 Å². The Bertz CT molecular complexity index is 865. The lowest BCUT2D eigenvalue weighted by Gasteiger charge is -2.07. The van der Waals surface area contributed by atoms with E-state index in [1.54, 1.807) is 30.3 Å². The van der Waals surface area contributed by atoms with Crippen molar-refractivity contribution in [2.75, 3.05) is 5.32 Å². The summed E-state index contributed by atoms with van der Waals surface area (Å²) in [5.74, 6) is -0.362. The number of rotatable bonds is 3. The second-order valence-corrected chi connectivity index (χ2v) is 5.53. The fourth-order valence-corrected chi connectivity index (χ4v) is 2.71. The van der Waals surface area contributed by atoms with E-state index in [1.165, 1.54) is 12.1 Å². The number of benzene rings is 2. The Kier molecular flexibility index (Phi) is 4.26. The molecule has 0 spiro atoms. The molecule has 3 rings (SSSR count). The molecule has 0 aliphatic carbocycles. The number of hydrogen-bond donors (Lipinski definition) is 1. The van der Waals surface area contributed by atoms with Crippen molar-refractivity contribution in [2.45, 2.75) is 6.36 Å². The number of carbonyl (C=O) groups is 1. The van der Waals surface area contributed by atoms with Crippen molar-refractivity contribution in [2.24, 2.45) is 0 Å². The van der Waals surface area contributed by atoms with Gasteiger partial charge in [-0.05, 0) is 24.3 Å². The van der Waals surface area contributed by atoms with E-state index in [0.717, 1.165) is 17.4 Å². The molecule has 0 aliphatic rings. The van der Waals surface area contributed by atoms with Gasteiger partial charge in [-0.1, -0.05) is 29.5 Å². The van der Waals surface area contributed by atoms with Crippen molar-refractivity contribution < 1.29 is 27.4 Å². The predicted octanol–water partition coefficient (Wildman–Crippen LogP) is 4.81. The molecule has 1 amide bonds. The quantitative estimate of drug-likeness (QED) is 0.733. The van der Waals surface area contributed by atoms with Gasteiger partial charge in [-0.2, -0.15) is 0 Å². The molecule has 0 fully saturated rings. The van der Waals surface area contributed by atoms with Crippen LogP contribution in [0.5, 0.6) is 10.9 Å². The van der Waals surface area contributed by atoms with Gasteiger partial charge in [0.1, 0.15) is 5.75 Å². The molecule has 0 saturated carbocycles. The lowest BCUT2D eigenvalue weighted by Crippen LogP contribution is -2.16. The van der Waals surface area contributed by atoms with Crippen molar-refractivity contribution in [3.8, 4) is 10.9 Å². The van der Waals surface area contributed by atoms with Gasteiger partial charge in [0.15, 0.2) is 0 Å². The summed E-state index contributed by atoms with van der Waals surface area (Å²) in [7, 11) is 0. The number of nitrogens with one attached hydrogen (secondary N) is 1. The first-order valence-electron chi connectivity index (χ1n) is 6.59. The summed E-state index contributed by atoms with van der Waals surface area (Å²) < 4.78 is 45.9. The number of anilines is 1. The number of halogens is 3. The van der Waals surface area contributed by atoms with E-state index >= 15 is 0 Å². The van der Waals surface area contributed by atoms with Crippen molar-refractivity contribution >= 4 is 33.3 Å². The standard InChI is InChI=1S/C15H9F3N2O3S/c16-15(17,18)23-10-6-7-11-12(8-10)24-14(20-11)22-13(21)19-9-4-2-1-3-5-9/h1-8H,(H,19,21). The molecule has 5 nitrogen and oxygen atoms in total. The number of para-hydroxylation sites is 1. The topological polar surface area (TPSA) is 60.5 Å². The van der Waals surface area contributed by atoms with Crippen LogP contribution in [0.15, 0.2) is 48.5 Å². The minimum atomic E-state index is -4.77. The average molecular weight is 354 g/mol. The maximum absolute atomic E-state index is 12.2. The monoisotopic (exact) mass is 354 g/mol. The van der Waals surface area contributed by atoms with E-state index in [1.807, 2.05) is 0 Å². The first-order valence-corrected chi connectivity index (χ1v) is 7.41. The minimum Gasteiger partial charge on any atom is -0.406 e. The molecule has 0 saturated heterocycles. The third kappa shape index (κ3) is 4.13. The van der Waals surface area contributed by atoms with Crippen LogP contribution in [0, 0.1) is 0 Å². The Morgan fingerprint density at radius 2 is 1.88 bits per heavy atom. The van der Waals surface area contributed by atoms with E-state index in [-0.39, 0.29) is 10.9 Å². The number of thiazole rings is 1. The van der Waals surface area contributed by atoms with Gasteiger partial charge in [0, 0.05) is 11.8 Å². The summed E-state index contributed by atoms with van der Waals surface area (Å²) in [6, 6.07) is 12.3. The van der Waals surface area contributed by atoms with Crippen molar-refractivity contribution in [1.82, 2.24) is 4.98 Å². The molecule has 0 bridgehead atoms. The molecule has 1 heterocycles. The normalized spacial score (nSPS) is 11.3. The van der Waals surface area contributed by atoms with Gasteiger partial charge >= 0.3 is 12.5 Å². The Morgan fingerprint density at radius 3 is 2.58 bits per heavy atom. The largest absolute Gasteiger partial charge is 0.573 e. The first-order chi connectivity index (χ1) is 11.4. The highest BCUT2D eigenvalue weighted by atomic mass is 32.1. The zero-order valence-corrected chi connectivity index (χ0v) is 12.6. The summed E-state index contributed by atoms with van der Waals surface area (Å²) in [4.78, 5) is 15.8. The van der Waals surface area contributed by atoms with Crippen molar-refractivity contribution in [1.29, 1.82) is 0 Å². The lowest BCUT2D eigenvalue weighted by atomic mass is 10.3. The Hall–Kier alpha value is -2.81. The molecular weight excluding hydrogens is 345 g/mol. The van der Waals surface area contributed by atoms with Crippen LogP contribution >= 0.6 is 11.3 Å². The van der Waals surface area contributed by atoms with E-state index in [9.17, 15) is 18.0 Å². The fourth-order valence-electron chi connectivity index (χ4n) is 1.87. The van der Waals surface area contributed by atoms with Crippen LogP contribution in [0.3, 0.4) is 0 Å². The van der Waals surface area contributed by atoms with Crippen molar-refractivity contribution in [3.63, 3.8) is 0 Å². The highest BCUT2D eigenvalue weighted by molar-refractivity contribution is 7.20. The molecule has 0 aliphatic heterocycles. The number of ether oxygens (including phenoxy) is 2. The molecule has 9 heteroatoms. The molecular formula is C15H9F3N2O3S. The zero-order valence-electron chi connectivity index (χ0n) is 11.8. The third-order valence-corrected chi connectivity index (χ3v) is 3.67. The second kappa shape index (κ2) is 6.36. The van der Waals surface area contributed by atoms with Gasteiger partial charge in [-0.3, -0.25) is 5.32 Å². The van der Waals surface area contributed by atoms with Gasteiger partial charge in [-0.15, -0.1) is 13.2 Å². The number of nitrogens with zero attached hydrogens (tertiary/aromatic N) is 1. The van der Waals surface area contributed by atoms with Crippen LogP contribution in [0.4, 0.5) is 23.7 Å². The third-order valence-electron chi connectivity index (χ3n) is 2.77. The number of fused-ring (bicyclic) bond motifs is 1. The highest BCUT2D eigenvalue weighted by Gasteiger charge is 2.31. The number of hydrogen-bond acceptors (Lipinski definition) is 5. The summed E-state index contributed by atoms with van der Waals surface area (Å²) in [6.45, 7) is 0. The number of amides is 1. The number of carbonyl (C=O) groups excluding carboxylic acids is 1. The number of aromatic nitrogens is 1. The molecule has 2 aromatic carbocycles. The molecule has 1 N–H and O–H groups in total. The number of alkyl halides is 3. The van der Waals surface area contributed by atoms with E-state index in [0.29, 0.717) is 15.9 Å². The van der Waals surface area contributed by atoms with Crippen LogP contribution in [0.25, 0.3) is 10.2 Å². The maximum atomic E-state index is 12.2. The lowest BCUT2D eigenvalue weighted by molar-refractivity contribution is -0.274. The van der Waals surface area contributed by atoms with Gasteiger partial charge in [-0.25, -0.2) is 9.78 Å². The molecule has 124 valence electrons. The van der Waals surface area contributed by atoms with Crippen molar-refractivity contribution in [3.05, 3.63) is 48.5 Å². The van der Waals surface area contributed by atoms with Gasteiger partial charge < -0.3 is 9.47 Å². The molecule has 1 aromatic heterocycles.